The fraction of sp³-hybridized carbons (Fsp3) is 0.533. The summed E-state index contributed by atoms with van der Waals surface area (Å²) in [6.07, 6.45) is 2.79. The van der Waals surface area contributed by atoms with Gasteiger partial charge in [0.2, 0.25) is 0 Å². The van der Waals surface area contributed by atoms with E-state index in [4.69, 9.17) is 0 Å². The van der Waals surface area contributed by atoms with E-state index in [1.807, 2.05) is 17.9 Å². The molecular weight excluding hydrogens is 238 g/mol. The molecule has 1 heterocycles. The molecule has 2 N–H and O–H groups in total. The maximum Gasteiger partial charge on any atom is 0.0955 e. The van der Waals surface area contributed by atoms with Gasteiger partial charge in [0, 0.05) is 13.1 Å². The monoisotopic (exact) mass is 261 g/mol. The zero-order chi connectivity index (χ0) is 13.8. The Morgan fingerprint density at radius 2 is 2.16 bits per heavy atom. The van der Waals surface area contributed by atoms with Crippen molar-refractivity contribution >= 4 is 11.0 Å². The number of hydrogen-bond acceptors (Lipinski definition) is 3. The van der Waals surface area contributed by atoms with Crippen molar-refractivity contribution < 1.29 is 5.11 Å². The molecular formula is C15H23N3O. The number of fused-ring (bicyclic) bond motifs is 1. The highest BCUT2D eigenvalue weighted by atomic mass is 16.3. The molecule has 2 rings (SSSR count). The summed E-state index contributed by atoms with van der Waals surface area (Å²) in [6, 6.07) is 6.58. The van der Waals surface area contributed by atoms with Gasteiger partial charge in [0.25, 0.3) is 0 Å². The molecule has 0 saturated heterocycles. The average molecular weight is 261 g/mol. The smallest absolute Gasteiger partial charge is 0.0955 e. The van der Waals surface area contributed by atoms with Crippen LogP contribution in [-0.2, 0) is 13.5 Å². The first-order valence-corrected chi connectivity index (χ1v) is 6.86. The summed E-state index contributed by atoms with van der Waals surface area (Å²) < 4.78 is 2.03. The van der Waals surface area contributed by atoms with Gasteiger partial charge in [0.05, 0.1) is 24.0 Å². The highest BCUT2D eigenvalue weighted by Gasteiger charge is 2.10. The minimum absolute atomic E-state index is 0.179. The molecule has 0 aliphatic heterocycles. The van der Waals surface area contributed by atoms with Crippen molar-refractivity contribution in [1.29, 1.82) is 0 Å². The van der Waals surface area contributed by atoms with Gasteiger partial charge >= 0.3 is 0 Å². The molecule has 0 fully saturated rings. The predicted octanol–water partition coefficient (Wildman–Crippen LogP) is 1.72. The lowest BCUT2D eigenvalue weighted by molar-refractivity contribution is 0.212. The van der Waals surface area contributed by atoms with E-state index in [9.17, 15) is 5.11 Å². The maximum absolute atomic E-state index is 9.26. The van der Waals surface area contributed by atoms with Crippen LogP contribution < -0.4 is 5.32 Å². The molecule has 4 nitrogen and oxygen atoms in total. The molecule has 1 aromatic heterocycles. The van der Waals surface area contributed by atoms with Crippen LogP contribution in [0.25, 0.3) is 11.0 Å². The van der Waals surface area contributed by atoms with Crippen LogP contribution in [0.2, 0.25) is 0 Å². The summed E-state index contributed by atoms with van der Waals surface area (Å²) in [6.45, 7) is 5.31. The number of imidazole rings is 1. The van der Waals surface area contributed by atoms with Gasteiger partial charge < -0.3 is 15.0 Å². The third-order valence-corrected chi connectivity index (χ3v) is 3.61. The molecule has 0 amide bonds. The maximum atomic E-state index is 9.26. The summed E-state index contributed by atoms with van der Waals surface area (Å²) in [7, 11) is 2.01. The summed E-state index contributed by atoms with van der Waals surface area (Å²) >= 11 is 0. The zero-order valence-corrected chi connectivity index (χ0v) is 11.9. The van der Waals surface area contributed by atoms with Gasteiger partial charge in [-0.1, -0.05) is 19.9 Å². The number of nitrogens with zero attached hydrogens (tertiary/aromatic N) is 2. The third-order valence-electron chi connectivity index (χ3n) is 3.61. The minimum atomic E-state index is 0.179. The standard InChI is InChI=1S/C15H23N3O/c1-11(2)14(9-19)16-7-6-12-4-5-15-13(8-12)17-10-18(15)3/h4-5,8,10-11,14,16,19H,6-7,9H2,1-3H3. The number of nitrogens with one attached hydrogen (secondary N) is 1. The number of benzene rings is 1. The van der Waals surface area contributed by atoms with E-state index in [2.05, 4.69) is 42.3 Å². The number of aliphatic hydroxyl groups excluding tert-OH is 1. The molecule has 4 heteroatoms. The predicted molar refractivity (Wildman–Crippen MR) is 78.1 cm³/mol. The molecule has 0 radical (unpaired) electrons. The van der Waals surface area contributed by atoms with Crippen LogP contribution in [0, 0.1) is 5.92 Å². The van der Waals surface area contributed by atoms with E-state index in [0.717, 1.165) is 24.0 Å². The molecule has 1 atom stereocenters. The van der Waals surface area contributed by atoms with Crippen LogP contribution in [0.4, 0.5) is 0 Å². The summed E-state index contributed by atoms with van der Waals surface area (Å²) in [5.74, 6) is 0.447. The van der Waals surface area contributed by atoms with Crippen molar-refractivity contribution in [2.75, 3.05) is 13.2 Å². The average Bonchev–Trinajstić information content (AvgIpc) is 2.75. The Labute approximate surface area is 114 Å². The lowest BCUT2D eigenvalue weighted by atomic mass is 10.0. The van der Waals surface area contributed by atoms with Crippen molar-refractivity contribution in [3.05, 3.63) is 30.1 Å². The number of hydrogen-bond donors (Lipinski definition) is 2. The van der Waals surface area contributed by atoms with Crippen LogP contribution in [0.3, 0.4) is 0 Å². The van der Waals surface area contributed by atoms with E-state index in [1.165, 1.54) is 5.56 Å². The van der Waals surface area contributed by atoms with Gasteiger partial charge in [0.1, 0.15) is 0 Å². The minimum Gasteiger partial charge on any atom is -0.395 e. The van der Waals surface area contributed by atoms with Gasteiger partial charge in [-0.05, 0) is 36.6 Å². The van der Waals surface area contributed by atoms with Crippen LogP contribution in [0.15, 0.2) is 24.5 Å². The molecule has 1 aromatic carbocycles. The molecule has 0 bridgehead atoms. The van der Waals surface area contributed by atoms with E-state index in [-0.39, 0.29) is 12.6 Å². The molecule has 2 aromatic rings. The fourth-order valence-corrected chi connectivity index (χ4v) is 2.25. The van der Waals surface area contributed by atoms with Crippen LogP contribution in [0.1, 0.15) is 19.4 Å². The van der Waals surface area contributed by atoms with Crippen molar-refractivity contribution in [2.24, 2.45) is 13.0 Å². The van der Waals surface area contributed by atoms with Crippen molar-refractivity contribution in [3.63, 3.8) is 0 Å². The Morgan fingerprint density at radius 1 is 1.37 bits per heavy atom. The second-order valence-electron chi connectivity index (χ2n) is 5.42. The Hall–Kier alpha value is -1.39. The highest BCUT2D eigenvalue weighted by molar-refractivity contribution is 5.75. The first kappa shape index (κ1) is 14.0. The largest absolute Gasteiger partial charge is 0.395 e. The summed E-state index contributed by atoms with van der Waals surface area (Å²) in [5, 5.41) is 12.7. The van der Waals surface area contributed by atoms with Gasteiger partial charge in [-0.2, -0.15) is 0 Å². The van der Waals surface area contributed by atoms with Gasteiger partial charge in [-0.15, -0.1) is 0 Å². The summed E-state index contributed by atoms with van der Waals surface area (Å²) in [5.41, 5.74) is 3.48. The van der Waals surface area contributed by atoms with Crippen LogP contribution in [-0.4, -0.2) is 33.9 Å². The Balaban J connectivity index is 1.94. The molecule has 104 valence electrons. The number of aliphatic hydroxyl groups is 1. The second kappa shape index (κ2) is 6.17. The lowest BCUT2D eigenvalue weighted by Gasteiger charge is -2.19. The SMILES string of the molecule is CC(C)C(CO)NCCc1ccc2c(c1)ncn2C. The molecule has 0 aliphatic rings. The fourth-order valence-electron chi connectivity index (χ4n) is 2.25. The molecule has 1 unspecified atom stereocenters. The first-order valence-electron chi connectivity index (χ1n) is 6.86. The quantitative estimate of drug-likeness (QED) is 0.832. The van der Waals surface area contributed by atoms with E-state index in [0.29, 0.717) is 5.92 Å². The lowest BCUT2D eigenvalue weighted by Crippen LogP contribution is -2.38. The van der Waals surface area contributed by atoms with E-state index in [1.54, 1.807) is 0 Å². The molecule has 0 saturated carbocycles. The molecule has 0 aliphatic carbocycles. The zero-order valence-electron chi connectivity index (χ0n) is 11.9. The van der Waals surface area contributed by atoms with Crippen LogP contribution in [0.5, 0.6) is 0 Å². The van der Waals surface area contributed by atoms with E-state index < -0.39 is 0 Å². The number of rotatable bonds is 6. The number of aromatic nitrogens is 2. The van der Waals surface area contributed by atoms with Crippen LogP contribution >= 0.6 is 0 Å². The Bertz CT molecular complexity index is 533. The van der Waals surface area contributed by atoms with E-state index >= 15 is 0 Å². The van der Waals surface area contributed by atoms with Crippen molar-refractivity contribution in [3.8, 4) is 0 Å². The molecule has 0 spiro atoms. The van der Waals surface area contributed by atoms with Gasteiger partial charge in [0.15, 0.2) is 0 Å². The topological polar surface area (TPSA) is 50.1 Å². The number of aryl methyl sites for hydroxylation is 1. The Morgan fingerprint density at radius 3 is 2.84 bits per heavy atom. The summed E-state index contributed by atoms with van der Waals surface area (Å²) in [4.78, 5) is 4.37. The van der Waals surface area contributed by atoms with Crippen molar-refractivity contribution in [2.45, 2.75) is 26.3 Å². The first-order chi connectivity index (χ1) is 9.11. The Kier molecular flexibility index (Phi) is 4.56. The van der Waals surface area contributed by atoms with Gasteiger partial charge in [-0.25, -0.2) is 4.98 Å². The molecule has 19 heavy (non-hydrogen) atoms. The highest BCUT2D eigenvalue weighted by Crippen LogP contribution is 2.14. The third kappa shape index (κ3) is 3.33. The van der Waals surface area contributed by atoms with Gasteiger partial charge in [-0.3, -0.25) is 0 Å². The normalized spacial score (nSPS) is 13.3. The second-order valence-corrected chi connectivity index (χ2v) is 5.42. The van der Waals surface area contributed by atoms with Crippen molar-refractivity contribution in [1.82, 2.24) is 14.9 Å².